The van der Waals surface area contributed by atoms with E-state index in [2.05, 4.69) is 25.2 Å². The molecule has 0 saturated heterocycles. The van der Waals surface area contributed by atoms with Crippen LogP contribution in [-0.2, 0) is 4.74 Å². The summed E-state index contributed by atoms with van der Waals surface area (Å²) < 4.78 is 10.6. The van der Waals surface area contributed by atoms with E-state index in [1.165, 1.54) is 0 Å². The van der Waals surface area contributed by atoms with Gasteiger partial charge >= 0.3 is 0 Å². The molecule has 3 nitrogen and oxygen atoms in total. The van der Waals surface area contributed by atoms with Crippen molar-refractivity contribution in [1.29, 1.82) is 0 Å². The molecule has 0 aliphatic heterocycles. The van der Waals surface area contributed by atoms with E-state index in [0.29, 0.717) is 19.3 Å². The van der Waals surface area contributed by atoms with Gasteiger partial charge in [-0.15, -0.1) is 0 Å². The van der Waals surface area contributed by atoms with Crippen molar-refractivity contribution in [3.05, 3.63) is 23.8 Å². The molecule has 90 valence electrons. The van der Waals surface area contributed by atoms with E-state index in [-0.39, 0.29) is 0 Å². The van der Waals surface area contributed by atoms with Crippen LogP contribution in [0.5, 0.6) is 5.75 Å². The fourth-order valence-corrected chi connectivity index (χ4v) is 1.63. The number of hydrogen-bond donors (Lipinski definition) is 1. The molecule has 1 unspecified atom stereocenters. The standard InChI is InChI=1S/C13H21NO2/c1-5-16-13-7-6-12(8-10(13)2)14-11(3)9-15-4/h6-8,11,14H,5,9H2,1-4H3. The molecule has 1 aromatic rings. The van der Waals surface area contributed by atoms with Gasteiger partial charge in [-0.2, -0.15) is 0 Å². The first kappa shape index (κ1) is 12.8. The number of ether oxygens (including phenoxy) is 2. The van der Waals surface area contributed by atoms with Crippen LogP contribution in [0, 0.1) is 6.92 Å². The fraction of sp³-hybridized carbons (Fsp3) is 0.538. The second-order valence-electron chi connectivity index (χ2n) is 3.91. The quantitative estimate of drug-likeness (QED) is 0.804. The summed E-state index contributed by atoms with van der Waals surface area (Å²) in [6.45, 7) is 7.54. The van der Waals surface area contributed by atoms with E-state index in [1.54, 1.807) is 7.11 Å². The van der Waals surface area contributed by atoms with Crippen molar-refractivity contribution in [2.24, 2.45) is 0 Å². The summed E-state index contributed by atoms with van der Waals surface area (Å²) in [5.74, 6) is 0.951. The molecule has 3 heteroatoms. The molecule has 1 atom stereocenters. The molecule has 0 spiro atoms. The lowest BCUT2D eigenvalue weighted by Gasteiger charge is -2.15. The van der Waals surface area contributed by atoms with Gasteiger partial charge in [0.05, 0.1) is 13.2 Å². The molecule has 0 amide bonds. The molecule has 0 saturated carbocycles. The van der Waals surface area contributed by atoms with E-state index in [1.807, 2.05) is 19.1 Å². The van der Waals surface area contributed by atoms with Gasteiger partial charge in [0.15, 0.2) is 0 Å². The molecule has 0 aromatic heterocycles. The number of methoxy groups -OCH3 is 1. The maximum absolute atomic E-state index is 5.49. The summed E-state index contributed by atoms with van der Waals surface area (Å²) in [5.41, 5.74) is 2.25. The number of rotatable bonds is 6. The molecule has 0 aliphatic carbocycles. The number of anilines is 1. The molecule has 0 radical (unpaired) electrons. The van der Waals surface area contributed by atoms with E-state index < -0.39 is 0 Å². The van der Waals surface area contributed by atoms with Gasteiger partial charge in [-0.1, -0.05) is 0 Å². The zero-order valence-electron chi connectivity index (χ0n) is 10.5. The molecular weight excluding hydrogens is 202 g/mol. The van der Waals surface area contributed by atoms with Crippen molar-refractivity contribution in [1.82, 2.24) is 0 Å². The van der Waals surface area contributed by atoms with Gasteiger partial charge in [0.1, 0.15) is 5.75 Å². The topological polar surface area (TPSA) is 30.5 Å². The van der Waals surface area contributed by atoms with E-state index in [0.717, 1.165) is 17.0 Å². The van der Waals surface area contributed by atoms with Gasteiger partial charge in [-0.3, -0.25) is 0 Å². The Hall–Kier alpha value is -1.22. The lowest BCUT2D eigenvalue weighted by molar-refractivity contribution is 0.190. The molecule has 0 bridgehead atoms. The van der Waals surface area contributed by atoms with Crippen LogP contribution in [-0.4, -0.2) is 26.4 Å². The Morgan fingerprint density at radius 3 is 2.69 bits per heavy atom. The highest BCUT2D eigenvalue weighted by atomic mass is 16.5. The summed E-state index contributed by atoms with van der Waals surface area (Å²) in [5, 5.41) is 3.37. The van der Waals surface area contributed by atoms with Gasteiger partial charge in [0, 0.05) is 18.8 Å². The van der Waals surface area contributed by atoms with Gasteiger partial charge in [0.2, 0.25) is 0 Å². The van der Waals surface area contributed by atoms with Crippen LogP contribution in [0.4, 0.5) is 5.69 Å². The van der Waals surface area contributed by atoms with Gasteiger partial charge in [-0.25, -0.2) is 0 Å². The third-order valence-electron chi connectivity index (χ3n) is 2.30. The lowest BCUT2D eigenvalue weighted by atomic mass is 10.2. The molecule has 1 rings (SSSR count). The van der Waals surface area contributed by atoms with Crippen LogP contribution in [0.25, 0.3) is 0 Å². The van der Waals surface area contributed by atoms with Crippen LogP contribution in [0.2, 0.25) is 0 Å². The van der Waals surface area contributed by atoms with E-state index in [4.69, 9.17) is 9.47 Å². The molecule has 1 N–H and O–H groups in total. The highest BCUT2D eigenvalue weighted by Crippen LogP contribution is 2.22. The monoisotopic (exact) mass is 223 g/mol. The average Bonchev–Trinajstić information content (AvgIpc) is 2.22. The van der Waals surface area contributed by atoms with Crippen molar-refractivity contribution in [3.8, 4) is 5.75 Å². The zero-order valence-corrected chi connectivity index (χ0v) is 10.5. The minimum atomic E-state index is 0.308. The molecule has 0 aliphatic rings. The Morgan fingerprint density at radius 2 is 2.12 bits per heavy atom. The highest BCUT2D eigenvalue weighted by molar-refractivity contribution is 5.51. The molecule has 1 aromatic carbocycles. The highest BCUT2D eigenvalue weighted by Gasteiger charge is 2.03. The zero-order chi connectivity index (χ0) is 12.0. The predicted octanol–water partition coefficient (Wildman–Crippen LogP) is 2.84. The van der Waals surface area contributed by atoms with E-state index >= 15 is 0 Å². The summed E-state index contributed by atoms with van der Waals surface area (Å²) in [4.78, 5) is 0. The van der Waals surface area contributed by atoms with Crippen LogP contribution in [0.15, 0.2) is 18.2 Å². The third kappa shape index (κ3) is 3.74. The number of hydrogen-bond acceptors (Lipinski definition) is 3. The maximum atomic E-state index is 5.49. The van der Waals surface area contributed by atoms with Crippen LogP contribution < -0.4 is 10.1 Å². The van der Waals surface area contributed by atoms with Crippen molar-refractivity contribution in [2.75, 3.05) is 25.6 Å². The second kappa shape index (κ2) is 6.38. The summed E-state index contributed by atoms with van der Waals surface area (Å²) >= 11 is 0. The minimum absolute atomic E-state index is 0.308. The maximum Gasteiger partial charge on any atom is 0.122 e. The average molecular weight is 223 g/mol. The molecule has 0 heterocycles. The van der Waals surface area contributed by atoms with E-state index in [9.17, 15) is 0 Å². The first-order chi connectivity index (χ1) is 7.67. The number of nitrogens with one attached hydrogen (secondary N) is 1. The first-order valence-electron chi connectivity index (χ1n) is 5.66. The molecular formula is C13H21NO2. The SMILES string of the molecule is CCOc1ccc(NC(C)COC)cc1C. The molecule has 0 fully saturated rings. The minimum Gasteiger partial charge on any atom is -0.494 e. The van der Waals surface area contributed by atoms with Gasteiger partial charge < -0.3 is 14.8 Å². The Balaban J connectivity index is 2.65. The van der Waals surface area contributed by atoms with Gasteiger partial charge in [-0.05, 0) is 44.5 Å². The van der Waals surface area contributed by atoms with Crippen molar-refractivity contribution in [2.45, 2.75) is 26.8 Å². The molecule has 16 heavy (non-hydrogen) atoms. The Morgan fingerprint density at radius 1 is 1.38 bits per heavy atom. The third-order valence-corrected chi connectivity index (χ3v) is 2.30. The Kier molecular flexibility index (Phi) is 5.12. The van der Waals surface area contributed by atoms with Crippen molar-refractivity contribution in [3.63, 3.8) is 0 Å². The first-order valence-corrected chi connectivity index (χ1v) is 5.66. The Labute approximate surface area is 97.8 Å². The normalized spacial score (nSPS) is 12.2. The number of aryl methyl sites for hydroxylation is 1. The van der Waals surface area contributed by atoms with Crippen LogP contribution >= 0.6 is 0 Å². The van der Waals surface area contributed by atoms with Gasteiger partial charge in [0.25, 0.3) is 0 Å². The fourth-order valence-electron chi connectivity index (χ4n) is 1.63. The Bertz CT molecular complexity index is 326. The predicted molar refractivity (Wildman–Crippen MR) is 67.3 cm³/mol. The summed E-state index contributed by atoms with van der Waals surface area (Å²) in [6.07, 6.45) is 0. The van der Waals surface area contributed by atoms with Crippen molar-refractivity contribution >= 4 is 5.69 Å². The summed E-state index contributed by atoms with van der Waals surface area (Å²) in [7, 11) is 1.71. The largest absolute Gasteiger partial charge is 0.494 e. The summed E-state index contributed by atoms with van der Waals surface area (Å²) in [6, 6.07) is 6.43. The van der Waals surface area contributed by atoms with Crippen molar-refractivity contribution < 1.29 is 9.47 Å². The lowest BCUT2D eigenvalue weighted by Crippen LogP contribution is -2.20. The smallest absolute Gasteiger partial charge is 0.122 e. The number of benzene rings is 1. The van der Waals surface area contributed by atoms with Crippen LogP contribution in [0.3, 0.4) is 0 Å². The second-order valence-corrected chi connectivity index (χ2v) is 3.91. The van der Waals surface area contributed by atoms with Crippen LogP contribution in [0.1, 0.15) is 19.4 Å².